The van der Waals surface area contributed by atoms with Crippen molar-refractivity contribution in [3.8, 4) is 5.75 Å². The number of piperazine rings is 1. The van der Waals surface area contributed by atoms with Crippen LogP contribution in [0.25, 0.3) is 0 Å². The molecule has 2 aromatic rings. The van der Waals surface area contributed by atoms with Gasteiger partial charge < -0.3 is 19.3 Å². The van der Waals surface area contributed by atoms with Gasteiger partial charge in [-0.3, -0.25) is 14.9 Å². The number of hydrogen-bond acceptors (Lipinski definition) is 6. The van der Waals surface area contributed by atoms with Gasteiger partial charge in [0.2, 0.25) is 0 Å². The second kappa shape index (κ2) is 9.13. The molecule has 8 nitrogen and oxygen atoms in total. The molecule has 1 atom stereocenters. The van der Waals surface area contributed by atoms with Crippen molar-refractivity contribution < 1.29 is 19.2 Å². The van der Waals surface area contributed by atoms with E-state index in [-0.39, 0.29) is 17.7 Å². The van der Waals surface area contributed by atoms with E-state index in [0.717, 1.165) is 30.9 Å². The summed E-state index contributed by atoms with van der Waals surface area (Å²) in [6, 6.07) is 13.8. The van der Waals surface area contributed by atoms with E-state index in [0.29, 0.717) is 38.3 Å². The van der Waals surface area contributed by atoms with E-state index < -0.39 is 4.92 Å². The molecule has 0 bridgehead atoms. The monoisotopic (exact) mass is 411 g/mol. The van der Waals surface area contributed by atoms with E-state index in [1.807, 2.05) is 17.0 Å². The molecule has 0 N–H and O–H groups in total. The molecular formula is C22H25N3O5. The maximum atomic E-state index is 12.8. The maximum Gasteiger partial charge on any atom is 0.269 e. The summed E-state index contributed by atoms with van der Waals surface area (Å²) in [7, 11) is 0. The lowest BCUT2D eigenvalue weighted by Gasteiger charge is -2.36. The lowest BCUT2D eigenvalue weighted by atomic mass is 10.1. The van der Waals surface area contributed by atoms with Crippen LogP contribution in [0.3, 0.4) is 0 Å². The Morgan fingerprint density at radius 2 is 1.77 bits per heavy atom. The number of non-ortho nitro benzene ring substituents is 1. The maximum absolute atomic E-state index is 12.8. The summed E-state index contributed by atoms with van der Waals surface area (Å²) in [6.45, 7) is 3.93. The summed E-state index contributed by atoms with van der Waals surface area (Å²) in [5.74, 6) is 0.745. The number of ether oxygens (including phenoxy) is 2. The highest BCUT2D eigenvalue weighted by atomic mass is 16.6. The molecule has 2 aliphatic rings. The van der Waals surface area contributed by atoms with Crippen molar-refractivity contribution in [3.63, 3.8) is 0 Å². The summed E-state index contributed by atoms with van der Waals surface area (Å²) >= 11 is 0. The van der Waals surface area contributed by atoms with Crippen molar-refractivity contribution in [2.24, 2.45) is 0 Å². The van der Waals surface area contributed by atoms with Gasteiger partial charge in [0.25, 0.3) is 11.6 Å². The van der Waals surface area contributed by atoms with Crippen LogP contribution < -0.4 is 9.64 Å². The van der Waals surface area contributed by atoms with Crippen molar-refractivity contribution in [3.05, 3.63) is 64.2 Å². The molecule has 1 amide bonds. The first-order valence-electron chi connectivity index (χ1n) is 10.2. The smallest absolute Gasteiger partial charge is 0.269 e. The Morgan fingerprint density at radius 3 is 2.37 bits per heavy atom. The topological polar surface area (TPSA) is 85.2 Å². The van der Waals surface area contributed by atoms with E-state index in [9.17, 15) is 14.9 Å². The summed E-state index contributed by atoms with van der Waals surface area (Å²) < 4.78 is 11.3. The molecule has 0 radical (unpaired) electrons. The molecule has 2 heterocycles. The van der Waals surface area contributed by atoms with Crippen LogP contribution in [-0.2, 0) is 4.74 Å². The fourth-order valence-electron chi connectivity index (χ4n) is 3.79. The molecule has 0 saturated carbocycles. The largest absolute Gasteiger partial charge is 0.491 e. The van der Waals surface area contributed by atoms with Crippen LogP contribution >= 0.6 is 0 Å². The standard InChI is InChI=1S/C22H25N3O5/c26-22(17-3-9-20(10-4-17)30-16-21-2-1-15-29-21)24-13-11-23(12-14-24)18-5-7-19(8-6-18)25(27)28/h3-10,21H,1-2,11-16H2/t21-/m1/s1. The molecule has 2 aromatic carbocycles. The summed E-state index contributed by atoms with van der Waals surface area (Å²) in [6.07, 6.45) is 2.28. The minimum absolute atomic E-state index is 0.00373. The van der Waals surface area contributed by atoms with E-state index in [1.54, 1.807) is 24.3 Å². The number of amides is 1. The molecule has 2 aliphatic heterocycles. The molecule has 0 aliphatic carbocycles. The predicted octanol–water partition coefficient (Wildman–Crippen LogP) is 3.12. The minimum atomic E-state index is -0.404. The number of carbonyl (C=O) groups excluding carboxylic acids is 1. The number of anilines is 1. The van der Waals surface area contributed by atoms with Crippen molar-refractivity contribution in [1.82, 2.24) is 4.90 Å². The summed E-state index contributed by atoms with van der Waals surface area (Å²) in [5, 5.41) is 10.8. The number of carbonyl (C=O) groups is 1. The molecular weight excluding hydrogens is 386 g/mol. The Balaban J connectivity index is 1.28. The molecule has 0 aromatic heterocycles. The number of nitro groups is 1. The molecule has 8 heteroatoms. The first-order chi connectivity index (χ1) is 14.6. The van der Waals surface area contributed by atoms with Crippen LogP contribution in [0.15, 0.2) is 48.5 Å². The minimum Gasteiger partial charge on any atom is -0.491 e. The first kappa shape index (κ1) is 20.2. The SMILES string of the molecule is O=C(c1ccc(OC[C@H]2CCCO2)cc1)N1CCN(c2ccc([N+](=O)[O-])cc2)CC1. The molecule has 2 fully saturated rings. The van der Waals surface area contributed by atoms with Crippen LogP contribution in [-0.4, -0.2) is 61.2 Å². The normalized spacial score (nSPS) is 19.0. The molecule has 158 valence electrons. The third kappa shape index (κ3) is 4.71. The zero-order valence-electron chi connectivity index (χ0n) is 16.7. The third-order valence-corrected chi connectivity index (χ3v) is 5.55. The predicted molar refractivity (Wildman–Crippen MR) is 112 cm³/mol. The highest BCUT2D eigenvalue weighted by Crippen LogP contribution is 2.22. The highest BCUT2D eigenvalue weighted by molar-refractivity contribution is 5.94. The molecule has 4 rings (SSSR count). The van der Waals surface area contributed by atoms with Crippen molar-refractivity contribution in [1.29, 1.82) is 0 Å². The Hall–Kier alpha value is -3.13. The number of hydrogen-bond donors (Lipinski definition) is 0. The Bertz CT molecular complexity index is 871. The van der Waals surface area contributed by atoms with Crippen LogP contribution in [0.2, 0.25) is 0 Å². The number of benzene rings is 2. The molecule has 0 unspecified atom stereocenters. The molecule has 2 saturated heterocycles. The van der Waals surface area contributed by atoms with Crippen molar-refractivity contribution >= 4 is 17.3 Å². The van der Waals surface area contributed by atoms with E-state index in [4.69, 9.17) is 9.47 Å². The third-order valence-electron chi connectivity index (χ3n) is 5.55. The fourth-order valence-corrected chi connectivity index (χ4v) is 3.79. The quantitative estimate of drug-likeness (QED) is 0.536. The van der Waals surface area contributed by atoms with Gasteiger partial charge in [-0.15, -0.1) is 0 Å². The number of nitrogens with zero attached hydrogens (tertiary/aromatic N) is 3. The number of rotatable bonds is 6. The average Bonchev–Trinajstić information content (AvgIpc) is 3.31. The van der Waals surface area contributed by atoms with E-state index >= 15 is 0 Å². The van der Waals surface area contributed by atoms with Gasteiger partial charge in [-0.1, -0.05) is 0 Å². The lowest BCUT2D eigenvalue weighted by molar-refractivity contribution is -0.384. The lowest BCUT2D eigenvalue weighted by Crippen LogP contribution is -2.48. The van der Waals surface area contributed by atoms with Gasteiger partial charge >= 0.3 is 0 Å². The highest BCUT2D eigenvalue weighted by Gasteiger charge is 2.23. The summed E-state index contributed by atoms with van der Waals surface area (Å²) in [5.41, 5.74) is 1.65. The van der Waals surface area contributed by atoms with Crippen LogP contribution in [0.1, 0.15) is 23.2 Å². The van der Waals surface area contributed by atoms with Crippen molar-refractivity contribution in [2.45, 2.75) is 18.9 Å². The van der Waals surface area contributed by atoms with Crippen molar-refractivity contribution in [2.75, 3.05) is 44.3 Å². The van der Waals surface area contributed by atoms with Gasteiger partial charge in [-0.05, 0) is 49.2 Å². The van der Waals surface area contributed by atoms with Gasteiger partial charge in [0.05, 0.1) is 11.0 Å². The van der Waals surface area contributed by atoms with E-state index in [2.05, 4.69) is 4.90 Å². The molecule has 30 heavy (non-hydrogen) atoms. The Labute approximate surface area is 175 Å². The fraction of sp³-hybridized carbons (Fsp3) is 0.409. The zero-order chi connectivity index (χ0) is 20.9. The van der Waals surface area contributed by atoms with E-state index in [1.165, 1.54) is 12.1 Å². The summed E-state index contributed by atoms with van der Waals surface area (Å²) in [4.78, 5) is 27.2. The second-order valence-corrected chi connectivity index (χ2v) is 7.52. The van der Waals surface area contributed by atoms with Gasteiger partial charge in [0, 0.05) is 56.2 Å². The molecule has 0 spiro atoms. The van der Waals surface area contributed by atoms with Crippen LogP contribution in [0, 0.1) is 10.1 Å². The van der Waals surface area contributed by atoms with Gasteiger partial charge in [0.15, 0.2) is 0 Å². The zero-order valence-corrected chi connectivity index (χ0v) is 16.7. The van der Waals surface area contributed by atoms with Crippen LogP contribution in [0.5, 0.6) is 5.75 Å². The number of nitro benzene ring substituents is 1. The Morgan fingerprint density at radius 1 is 1.07 bits per heavy atom. The van der Waals surface area contributed by atoms with Crippen LogP contribution in [0.4, 0.5) is 11.4 Å². The first-order valence-corrected chi connectivity index (χ1v) is 10.2. The van der Waals surface area contributed by atoms with Gasteiger partial charge in [-0.2, -0.15) is 0 Å². The Kier molecular flexibility index (Phi) is 6.13. The average molecular weight is 411 g/mol. The second-order valence-electron chi connectivity index (χ2n) is 7.52. The van der Waals surface area contributed by atoms with Gasteiger partial charge in [-0.25, -0.2) is 0 Å². The van der Waals surface area contributed by atoms with Gasteiger partial charge in [0.1, 0.15) is 12.4 Å².